The van der Waals surface area contributed by atoms with E-state index in [1.54, 1.807) is 0 Å². The number of hydrogen-bond acceptors (Lipinski definition) is 5. The van der Waals surface area contributed by atoms with Crippen LogP contribution < -0.4 is 10.6 Å². The van der Waals surface area contributed by atoms with E-state index in [-0.39, 0.29) is 29.9 Å². The molecule has 2 N–H and O–H groups in total. The summed E-state index contributed by atoms with van der Waals surface area (Å²) in [6.07, 6.45) is 0.253. The molecular formula is C19H17N3O2S2. The van der Waals surface area contributed by atoms with E-state index >= 15 is 0 Å². The van der Waals surface area contributed by atoms with Crippen molar-refractivity contribution in [3.05, 3.63) is 62.8 Å². The number of carbonyl (C=O) groups is 2. The highest BCUT2D eigenvalue weighted by Crippen LogP contribution is 2.37. The Morgan fingerprint density at radius 1 is 1.38 bits per heavy atom. The van der Waals surface area contributed by atoms with Crippen LogP contribution in [-0.2, 0) is 9.59 Å². The van der Waals surface area contributed by atoms with Crippen molar-refractivity contribution >= 4 is 40.6 Å². The molecule has 0 fully saturated rings. The van der Waals surface area contributed by atoms with E-state index in [1.165, 1.54) is 23.1 Å². The highest BCUT2D eigenvalue weighted by atomic mass is 32.2. The first kappa shape index (κ1) is 18.2. The predicted molar refractivity (Wildman–Crippen MR) is 105 cm³/mol. The van der Waals surface area contributed by atoms with Gasteiger partial charge in [0.05, 0.1) is 22.4 Å². The van der Waals surface area contributed by atoms with E-state index in [9.17, 15) is 14.9 Å². The number of benzene rings is 1. The maximum absolute atomic E-state index is 12.2. The fourth-order valence-electron chi connectivity index (χ4n) is 2.64. The number of allylic oxidation sites excluding steroid dienone is 1. The van der Waals surface area contributed by atoms with Gasteiger partial charge in [-0.25, -0.2) is 0 Å². The maximum atomic E-state index is 12.2. The Balaban J connectivity index is 1.70. The van der Waals surface area contributed by atoms with Gasteiger partial charge in [-0.05, 0) is 30.5 Å². The highest BCUT2D eigenvalue weighted by Gasteiger charge is 2.30. The molecule has 1 aromatic heterocycles. The maximum Gasteiger partial charge on any atom is 0.234 e. The lowest BCUT2D eigenvalue weighted by Gasteiger charge is -2.23. The second-order valence-electron chi connectivity index (χ2n) is 5.88. The summed E-state index contributed by atoms with van der Waals surface area (Å²) >= 11 is 2.71. The molecule has 3 rings (SSSR count). The van der Waals surface area contributed by atoms with Crippen molar-refractivity contribution in [1.29, 1.82) is 5.26 Å². The van der Waals surface area contributed by atoms with Gasteiger partial charge in [-0.3, -0.25) is 9.59 Å². The Morgan fingerprint density at radius 3 is 2.81 bits per heavy atom. The summed E-state index contributed by atoms with van der Waals surface area (Å²) in [6, 6.07) is 13.6. The fraction of sp³-hybridized carbons (Fsp3) is 0.211. The van der Waals surface area contributed by atoms with E-state index < -0.39 is 0 Å². The van der Waals surface area contributed by atoms with Gasteiger partial charge >= 0.3 is 0 Å². The van der Waals surface area contributed by atoms with Crippen LogP contribution in [0, 0.1) is 18.3 Å². The standard InChI is InChI=1S/C19H17N3O2S2/c1-12-4-6-13(7-5-12)21-18(24)11-26-19-15(10-20)14(9-17(23)22-19)16-3-2-8-25-16/h2-8,14H,9,11H2,1H3,(H,21,24)(H,22,23)/t14-/m0/s1. The van der Waals surface area contributed by atoms with Crippen molar-refractivity contribution < 1.29 is 9.59 Å². The summed E-state index contributed by atoms with van der Waals surface area (Å²) in [5.74, 6) is -0.442. The summed E-state index contributed by atoms with van der Waals surface area (Å²) in [4.78, 5) is 25.2. The van der Waals surface area contributed by atoms with Crippen molar-refractivity contribution in [3.8, 4) is 6.07 Å². The van der Waals surface area contributed by atoms with Crippen LogP contribution >= 0.6 is 23.1 Å². The number of thiophene rings is 1. The third kappa shape index (κ3) is 4.34. The molecule has 0 saturated heterocycles. The van der Waals surface area contributed by atoms with Crippen molar-refractivity contribution in [2.45, 2.75) is 19.3 Å². The molecule has 0 radical (unpaired) electrons. The molecule has 0 saturated carbocycles. The molecule has 0 bridgehead atoms. The number of aryl methyl sites for hydroxylation is 1. The number of rotatable bonds is 5. The van der Waals surface area contributed by atoms with Crippen LogP contribution in [-0.4, -0.2) is 17.6 Å². The van der Waals surface area contributed by atoms with E-state index in [1.807, 2.05) is 48.7 Å². The average Bonchev–Trinajstić information content (AvgIpc) is 3.16. The number of nitriles is 1. The number of anilines is 1. The van der Waals surface area contributed by atoms with Gasteiger partial charge in [0.1, 0.15) is 0 Å². The van der Waals surface area contributed by atoms with Crippen molar-refractivity contribution in [3.63, 3.8) is 0 Å². The Morgan fingerprint density at radius 2 is 2.15 bits per heavy atom. The molecule has 26 heavy (non-hydrogen) atoms. The van der Waals surface area contributed by atoms with Crippen LogP contribution in [0.3, 0.4) is 0 Å². The lowest BCUT2D eigenvalue weighted by atomic mass is 9.93. The Labute approximate surface area is 160 Å². The Kier molecular flexibility index (Phi) is 5.76. The number of hydrogen-bond donors (Lipinski definition) is 2. The quantitative estimate of drug-likeness (QED) is 0.823. The molecule has 2 heterocycles. The number of amides is 2. The zero-order chi connectivity index (χ0) is 18.5. The van der Waals surface area contributed by atoms with Gasteiger partial charge in [0.25, 0.3) is 0 Å². The minimum Gasteiger partial charge on any atom is -0.325 e. The monoisotopic (exact) mass is 383 g/mol. The molecule has 1 atom stereocenters. The van der Waals surface area contributed by atoms with Crippen LogP contribution in [0.2, 0.25) is 0 Å². The minimum absolute atomic E-state index is 0.117. The van der Waals surface area contributed by atoms with E-state index in [0.29, 0.717) is 10.6 Å². The summed E-state index contributed by atoms with van der Waals surface area (Å²) in [6.45, 7) is 1.98. The van der Waals surface area contributed by atoms with Crippen molar-refractivity contribution in [1.82, 2.24) is 5.32 Å². The largest absolute Gasteiger partial charge is 0.325 e. The second kappa shape index (κ2) is 8.21. The lowest BCUT2D eigenvalue weighted by Crippen LogP contribution is -2.31. The van der Waals surface area contributed by atoms with E-state index in [2.05, 4.69) is 16.7 Å². The molecule has 0 aliphatic carbocycles. The van der Waals surface area contributed by atoms with Gasteiger partial charge in [0.2, 0.25) is 11.8 Å². The van der Waals surface area contributed by atoms with Crippen molar-refractivity contribution in [2.75, 3.05) is 11.1 Å². The molecule has 1 aliphatic heterocycles. The van der Waals surface area contributed by atoms with Crippen molar-refractivity contribution in [2.24, 2.45) is 0 Å². The number of nitrogens with zero attached hydrogens (tertiary/aromatic N) is 1. The highest BCUT2D eigenvalue weighted by molar-refractivity contribution is 8.03. The fourth-order valence-corrected chi connectivity index (χ4v) is 4.35. The molecule has 7 heteroatoms. The zero-order valence-electron chi connectivity index (χ0n) is 14.1. The van der Waals surface area contributed by atoms with Gasteiger partial charge in [-0.1, -0.05) is 35.5 Å². The summed E-state index contributed by atoms with van der Waals surface area (Å²) in [5, 5.41) is 17.5. The number of carbonyl (C=O) groups excluding carboxylic acids is 2. The van der Waals surface area contributed by atoms with E-state index in [4.69, 9.17) is 0 Å². The first-order chi connectivity index (χ1) is 12.6. The van der Waals surface area contributed by atoms with Gasteiger partial charge in [0, 0.05) is 22.9 Å². The smallest absolute Gasteiger partial charge is 0.234 e. The minimum atomic E-state index is -0.239. The molecule has 2 aromatic rings. The molecule has 132 valence electrons. The third-order valence-corrected chi connectivity index (χ3v) is 5.93. The lowest BCUT2D eigenvalue weighted by molar-refractivity contribution is -0.121. The zero-order valence-corrected chi connectivity index (χ0v) is 15.7. The molecule has 0 unspecified atom stereocenters. The van der Waals surface area contributed by atoms with Crippen LogP contribution in [0.4, 0.5) is 5.69 Å². The SMILES string of the molecule is Cc1ccc(NC(=O)CSC2=C(C#N)[C@@H](c3cccs3)CC(=O)N2)cc1. The van der Waals surface area contributed by atoms with E-state index in [0.717, 1.165) is 16.1 Å². The molecule has 0 spiro atoms. The third-order valence-electron chi connectivity index (χ3n) is 3.93. The molecule has 5 nitrogen and oxygen atoms in total. The first-order valence-electron chi connectivity index (χ1n) is 8.03. The average molecular weight is 383 g/mol. The predicted octanol–water partition coefficient (Wildman–Crippen LogP) is 3.77. The van der Waals surface area contributed by atoms with Crippen LogP contribution in [0.1, 0.15) is 22.8 Å². The summed E-state index contributed by atoms with van der Waals surface area (Å²) in [5.41, 5.74) is 2.35. The van der Waals surface area contributed by atoms with Crippen LogP contribution in [0.5, 0.6) is 0 Å². The van der Waals surface area contributed by atoms with Gasteiger partial charge in [0.15, 0.2) is 0 Å². The summed E-state index contributed by atoms with van der Waals surface area (Å²) < 4.78 is 0. The normalized spacial score (nSPS) is 16.8. The Hall–Kier alpha value is -2.56. The molecule has 1 aliphatic rings. The summed E-state index contributed by atoms with van der Waals surface area (Å²) in [7, 11) is 0. The topological polar surface area (TPSA) is 82.0 Å². The first-order valence-corrected chi connectivity index (χ1v) is 9.90. The number of thioether (sulfide) groups is 1. The van der Waals surface area contributed by atoms with Gasteiger partial charge in [-0.15, -0.1) is 11.3 Å². The van der Waals surface area contributed by atoms with Gasteiger partial charge < -0.3 is 10.6 Å². The second-order valence-corrected chi connectivity index (χ2v) is 7.84. The van der Waals surface area contributed by atoms with Crippen LogP contribution in [0.25, 0.3) is 0 Å². The molecular weight excluding hydrogens is 366 g/mol. The van der Waals surface area contributed by atoms with Crippen LogP contribution in [0.15, 0.2) is 52.4 Å². The number of nitrogens with one attached hydrogen (secondary N) is 2. The molecule has 2 amide bonds. The van der Waals surface area contributed by atoms with Gasteiger partial charge in [-0.2, -0.15) is 5.26 Å². The Bertz CT molecular complexity index is 881. The molecule has 1 aromatic carbocycles.